The van der Waals surface area contributed by atoms with Gasteiger partial charge in [0, 0.05) is 37.2 Å². The van der Waals surface area contributed by atoms with Crippen LogP contribution in [0.25, 0.3) is 10.9 Å². The fraction of sp³-hybridized carbons (Fsp3) is 0.310. The number of hydrogen-bond donors (Lipinski definition) is 1. The third-order valence-electron chi connectivity index (χ3n) is 6.08. The summed E-state index contributed by atoms with van der Waals surface area (Å²) in [4.78, 5) is 24.9. The highest BCUT2D eigenvalue weighted by Crippen LogP contribution is 2.28. The van der Waals surface area contributed by atoms with Gasteiger partial charge in [0.1, 0.15) is 18.0 Å². The van der Waals surface area contributed by atoms with Crippen LogP contribution in [-0.4, -0.2) is 56.1 Å². The van der Waals surface area contributed by atoms with Crippen LogP contribution in [0.3, 0.4) is 0 Å². The molecule has 0 aliphatic carbocycles. The predicted molar refractivity (Wildman–Crippen MR) is 152 cm³/mol. The van der Waals surface area contributed by atoms with Crippen molar-refractivity contribution in [2.45, 2.75) is 39.0 Å². The number of rotatable bonds is 10. The van der Waals surface area contributed by atoms with Crippen molar-refractivity contribution in [2.75, 3.05) is 19.7 Å². The number of carbonyl (C=O) groups excluding carboxylic acids is 1. The lowest BCUT2D eigenvalue weighted by Gasteiger charge is -2.25. The predicted octanol–water partition coefficient (Wildman–Crippen LogP) is 6.13. The normalized spacial score (nSPS) is 12.5. The van der Waals surface area contributed by atoms with E-state index in [1.54, 1.807) is 39.0 Å². The maximum absolute atomic E-state index is 13.8. The Morgan fingerprint density at radius 3 is 2.59 bits per heavy atom. The van der Waals surface area contributed by atoms with Crippen LogP contribution in [0.4, 0.5) is 14.9 Å². The molecule has 0 radical (unpaired) electrons. The Hall–Kier alpha value is -4.06. The summed E-state index contributed by atoms with van der Waals surface area (Å²) in [6.07, 6.45) is -1.78. The van der Waals surface area contributed by atoms with E-state index < -0.39 is 34.2 Å². The molecule has 3 aromatic carbocycles. The lowest BCUT2D eigenvalue weighted by Crippen LogP contribution is -2.32. The first-order chi connectivity index (χ1) is 19.4. The Bertz CT molecular complexity index is 1540. The van der Waals surface area contributed by atoms with Crippen molar-refractivity contribution in [3.63, 3.8) is 0 Å². The number of aliphatic hydroxyl groups excluding tert-OH is 1. The zero-order valence-electron chi connectivity index (χ0n) is 22.8. The monoisotopic (exact) mass is 584 g/mol. The number of aromatic nitrogens is 2. The minimum Gasteiger partial charge on any atom is -0.492 e. The summed E-state index contributed by atoms with van der Waals surface area (Å²) in [5.41, 5.74) is 0.232. The molecule has 0 spiro atoms. The molecule has 0 amide bonds. The molecule has 1 aromatic heterocycles. The van der Waals surface area contributed by atoms with E-state index in [2.05, 4.69) is 5.10 Å². The van der Waals surface area contributed by atoms with E-state index in [4.69, 9.17) is 21.1 Å². The first-order valence-electron chi connectivity index (χ1n) is 12.8. The van der Waals surface area contributed by atoms with Gasteiger partial charge in [-0.05, 0) is 50.1 Å². The first-order valence-corrected chi connectivity index (χ1v) is 13.2. The van der Waals surface area contributed by atoms with Crippen molar-refractivity contribution in [1.82, 2.24) is 14.7 Å². The zero-order chi connectivity index (χ0) is 29.7. The van der Waals surface area contributed by atoms with Gasteiger partial charge in [-0.3, -0.25) is 15.0 Å². The number of carbonyl (C=O) groups is 1. The number of ether oxygens (including phenoxy) is 2. The number of fused-ring (bicyclic) bond motifs is 1. The molecule has 0 aliphatic heterocycles. The number of aliphatic hydroxyl groups is 1. The van der Waals surface area contributed by atoms with Gasteiger partial charge in [0.25, 0.3) is 0 Å². The highest BCUT2D eigenvalue weighted by Gasteiger charge is 2.23. The topological polar surface area (TPSA) is 120 Å². The number of nitro groups is 1. The SMILES string of the molecule is CC(C)(C)OC(=O)n1nc(Cl)c2ccc(OCCN(Cc3ccccc3)CC(O)c3ccc(F)c([N+](=O)[O-])c3)cc21. The van der Waals surface area contributed by atoms with E-state index in [1.165, 1.54) is 6.07 Å². The molecule has 4 aromatic rings. The molecule has 0 aliphatic rings. The number of nitro benzene ring substituents is 1. The fourth-order valence-electron chi connectivity index (χ4n) is 4.19. The Morgan fingerprint density at radius 2 is 1.90 bits per heavy atom. The van der Waals surface area contributed by atoms with Crippen LogP contribution in [-0.2, 0) is 11.3 Å². The quantitative estimate of drug-likeness (QED) is 0.174. The van der Waals surface area contributed by atoms with Crippen LogP contribution in [0.15, 0.2) is 66.7 Å². The van der Waals surface area contributed by atoms with Crippen molar-refractivity contribution in [2.24, 2.45) is 0 Å². The Kier molecular flexibility index (Phi) is 9.21. The Labute approximate surface area is 241 Å². The second kappa shape index (κ2) is 12.6. The second-order valence-corrected chi connectivity index (χ2v) is 10.8. The van der Waals surface area contributed by atoms with Gasteiger partial charge in [0.15, 0.2) is 5.15 Å². The lowest BCUT2D eigenvalue weighted by molar-refractivity contribution is -0.387. The van der Waals surface area contributed by atoms with E-state index in [9.17, 15) is 24.4 Å². The van der Waals surface area contributed by atoms with Crippen molar-refractivity contribution < 1.29 is 28.7 Å². The van der Waals surface area contributed by atoms with Gasteiger partial charge >= 0.3 is 11.8 Å². The summed E-state index contributed by atoms with van der Waals surface area (Å²) in [6, 6.07) is 18.0. The Balaban J connectivity index is 1.49. The smallest absolute Gasteiger partial charge is 0.435 e. The molecule has 0 fully saturated rings. The van der Waals surface area contributed by atoms with Gasteiger partial charge in [-0.1, -0.05) is 48.0 Å². The maximum atomic E-state index is 13.8. The molecule has 10 nitrogen and oxygen atoms in total. The minimum absolute atomic E-state index is 0.112. The summed E-state index contributed by atoms with van der Waals surface area (Å²) in [5.74, 6) is -0.500. The van der Waals surface area contributed by atoms with E-state index in [0.717, 1.165) is 22.4 Å². The van der Waals surface area contributed by atoms with Crippen molar-refractivity contribution in [3.05, 3.63) is 98.9 Å². The standard InChI is InChI=1S/C29H30ClFN4O6/c1-29(2,3)41-28(37)34-24-16-21(10-11-22(24)27(30)32-34)40-14-13-33(17-19-7-5-4-6-8-19)18-26(36)20-9-12-23(31)25(15-20)35(38)39/h4-12,15-16,26,36H,13-14,17-18H2,1-3H3. The van der Waals surface area contributed by atoms with E-state index in [-0.39, 0.29) is 23.9 Å². The van der Waals surface area contributed by atoms with Crippen molar-refractivity contribution in [3.8, 4) is 5.75 Å². The molecule has 0 saturated carbocycles. The van der Waals surface area contributed by atoms with Gasteiger partial charge < -0.3 is 14.6 Å². The van der Waals surface area contributed by atoms with Gasteiger partial charge in [0.05, 0.1) is 16.5 Å². The number of nitrogens with zero attached hydrogens (tertiary/aromatic N) is 4. The molecule has 0 bridgehead atoms. The van der Waals surface area contributed by atoms with Gasteiger partial charge in [-0.2, -0.15) is 9.07 Å². The molecule has 1 unspecified atom stereocenters. The molecule has 12 heteroatoms. The van der Waals surface area contributed by atoms with Crippen LogP contribution >= 0.6 is 11.6 Å². The molecule has 216 valence electrons. The first kappa shape index (κ1) is 29.9. The molecule has 1 heterocycles. The summed E-state index contributed by atoms with van der Waals surface area (Å²) in [6.45, 7) is 6.42. The van der Waals surface area contributed by atoms with Crippen molar-refractivity contribution >= 4 is 34.3 Å². The summed E-state index contributed by atoms with van der Waals surface area (Å²) < 4.78 is 26.3. The molecular formula is C29H30ClFN4O6. The fourth-order valence-corrected chi connectivity index (χ4v) is 4.42. The number of halogens is 2. The van der Waals surface area contributed by atoms with Gasteiger partial charge in [0.2, 0.25) is 5.82 Å². The molecule has 1 N–H and O–H groups in total. The minimum atomic E-state index is -1.11. The van der Waals surface area contributed by atoms with E-state index >= 15 is 0 Å². The van der Waals surface area contributed by atoms with Crippen LogP contribution in [0.1, 0.15) is 38.0 Å². The van der Waals surface area contributed by atoms with E-state index in [0.29, 0.717) is 29.7 Å². The van der Waals surface area contributed by atoms with Crippen LogP contribution in [0.2, 0.25) is 5.15 Å². The highest BCUT2D eigenvalue weighted by molar-refractivity contribution is 6.34. The average Bonchev–Trinajstić information content (AvgIpc) is 3.24. The van der Waals surface area contributed by atoms with Crippen LogP contribution in [0.5, 0.6) is 5.75 Å². The molecule has 41 heavy (non-hydrogen) atoms. The largest absolute Gasteiger partial charge is 0.492 e. The summed E-state index contributed by atoms with van der Waals surface area (Å²) in [5, 5.41) is 26.9. The Morgan fingerprint density at radius 1 is 1.17 bits per heavy atom. The second-order valence-electron chi connectivity index (χ2n) is 10.4. The van der Waals surface area contributed by atoms with Gasteiger partial charge in [-0.25, -0.2) is 4.79 Å². The highest BCUT2D eigenvalue weighted by atomic mass is 35.5. The third kappa shape index (κ3) is 7.78. The van der Waals surface area contributed by atoms with Crippen molar-refractivity contribution in [1.29, 1.82) is 0 Å². The molecule has 4 rings (SSSR count). The third-order valence-corrected chi connectivity index (χ3v) is 6.36. The van der Waals surface area contributed by atoms with Crippen LogP contribution < -0.4 is 4.74 Å². The lowest BCUT2D eigenvalue weighted by atomic mass is 10.1. The number of hydrogen-bond acceptors (Lipinski definition) is 8. The molecule has 1 atom stereocenters. The number of benzene rings is 3. The molecule has 0 saturated heterocycles. The summed E-state index contributed by atoms with van der Waals surface area (Å²) >= 11 is 6.23. The van der Waals surface area contributed by atoms with Gasteiger partial charge in [-0.15, -0.1) is 5.10 Å². The molecular weight excluding hydrogens is 555 g/mol. The average molecular weight is 585 g/mol. The summed E-state index contributed by atoms with van der Waals surface area (Å²) in [7, 11) is 0. The van der Waals surface area contributed by atoms with Crippen LogP contribution in [0, 0.1) is 15.9 Å². The maximum Gasteiger partial charge on any atom is 0.435 e. The zero-order valence-corrected chi connectivity index (χ0v) is 23.5. The van der Waals surface area contributed by atoms with E-state index in [1.807, 2.05) is 35.2 Å².